The molecule has 2 unspecified atom stereocenters. The summed E-state index contributed by atoms with van der Waals surface area (Å²) in [6.45, 7) is 2.54. The monoisotopic (exact) mass is 277 g/mol. The molecule has 0 aliphatic heterocycles. The first-order valence-electron chi connectivity index (χ1n) is 5.46. The fraction of sp³-hybridized carbons (Fsp3) is 0.500. The van der Waals surface area contributed by atoms with Gasteiger partial charge in [-0.05, 0) is 37.1 Å². The molecule has 2 atom stereocenters. The van der Waals surface area contributed by atoms with E-state index in [1.807, 2.05) is 6.92 Å². The van der Waals surface area contributed by atoms with Gasteiger partial charge < -0.3 is 5.32 Å². The molecule has 0 spiro atoms. The quantitative estimate of drug-likeness (QED) is 0.866. The van der Waals surface area contributed by atoms with Crippen LogP contribution in [0, 0.1) is 5.82 Å². The lowest BCUT2D eigenvalue weighted by atomic mass is 10.2. The molecule has 0 radical (unpaired) electrons. The molecule has 1 aromatic carbocycles. The van der Waals surface area contributed by atoms with E-state index >= 15 is 0 Å². The molecule has 0 heterocycles. The van der Waals surface area contributed by atoms with Gasteiger partial charge in [0.1, 0.15) is 5.82 Å². The van der Waals surface area contributed by atoms with Gasteiger partial charge in [0, 0.05) is 40.4 Å². The molecule has 5 heteroatoms. The third-order valence-corrected chi connectivity index (χ3v) is 3.67. The molecule has 0 saturated heterocycles. The molecule has 2 nitrogen and oxygen atoms in total. The van der Waals surface area contributed by atoms with Crippen molar-refractivity contribution in [2.24, 2.45) is 0 Å². The summed E-state index contributed by atoms with van der Waals surface area (Å²) < 4.78 is 23.9. The Kier molecular flexibility index (Phi) is 6.09. The van der Waals surface area contributed by atoms with Gasteiger partial charge in [0.15, 0.2) is 0 Å². The van der Waals surface area contributed by atoms with Crippen molar-refractivity contribution in [3.8, 4) is 0 Å². The van der Waals surface area contributed by atoms with Crippen LogP contribution in [0.25, 0.3) is 0 Å². The van der Waals surface area contributed by atoms with E-state index in [2.05, 4.69) is 5.32 Å². The number of rotatable bonds is 6. The second-order valence-corrected chi connectivity index (χ2v) is 6.05. The number of halogens is 2. The minimum atomic E-state index is -0.768. The van der Waals surface area contributed by atoms with Gasteiger partial charge in [0.25, 0.3) is 0 Å². The topological polar surface area (TPSA) is 29.1 Å². The van der Waals surface area contributed by atoms with Crippen molar-refractivity contribution in [2.75, 3.05) is 12.0 Å². The third kappa shape index (κ3) is 5.61. The standard InChI is InChI=1S/C12H17ClFNOS/c1-9(5-6-17(2)16)15-8-10-7-11(14)3-4-12(10)13/h3-4,7,9,15H,5-6,8H2,1-2H3. The Morgan fingerprint density at radius 1 is 1.53 bits per heavy atom. The van der Waals surface area contributed by atoms with Crippen LogP contribution in [0.2, 0.25) is 5.02 Å². The number of benzene rings is 1. The van der Waals surface area contributed by atoms with Crippen molar-refractivity contribution in [1.82, 2.24) is 5.32 Å². The van der Waals surface area contributed by atoms with Gasteiger partial charge in [-0.15, -0.1) is 0 Å². The number of nitrogens with one attached hydrogen (secondary N) is 1. The molecule has 0 aliphatic rings. The molecular weight excluding hydrogens is 261 g/mol. The Balaban J connectivity index is 2.44. The van der Waals surface area contributed by atoms with Crippen molar-refractivity contribution in [3.05, 3.63) is 34.6 Å². The number of hydrogen-bond acceptors (Lipinski definition) is 2. The minimum Gasteiger partial charge on any atom is -0.310 e. The summed E-state index contributed by atoms with van der Waals surface area (Å²) in [7, 11) is -0.768. The van der Waals surface area contributed by atoms with Crippen LogP contribution in [0.15, 0.2) is 18.2 Å². The van der Waals surface area contributed by atoms with Crippen LogP contribution in [0.1, 0.15) is 18.9 Å². The van der Waals surface area contributed by atoms with E-state index in [1.165, 1.54) is 12.1 Å². The van der Waals surface area contributed by atoms with Crippen LogP contribution in [0.5, 0.6) is 0 Å². The SMILES string of the molecule is CC(CCS(C)=O)NCc1cc(F)ccc1Cl. The molecule has 0 amide bonds. The summed E-state index contributed by atoms with van der Waals surface area (Å²) >= 11 is 5.95. The summed E-state index contributed by atoms with van der Waals surface area (Å²) in [5, 5.41) is 3.80. The predicted octanol–water partition coefficient (Wildman–Crippen LogP) is 2.73. The first kappa shape index (κ1) is 14.6. The molecule has 0 aromatic heterocycles. The van der Waals surface area contributed by atoms with Crippen LogP contribution in [0.4, 0.5) is 4.39 Å². The van der Waals surface area contributed by atoms with Gasteiger partial charge in [-0.1, -0.05) is 11.6 Å². The lowest BCUT2D eigenvalue weighted by Gasteiger charge is -2.13. The fourth-order valence-corrected chi connectivity index (χ4v) is 2.28. The first-order valence-corrected chi connectivity index (χ1v) is 7.57. The maximum Gasteiger partial charge on any atom is 0.123 e. The van der Waals surface area contributed by atoms with Crippen molar-refractivity contribution in [3.63, 3.8) is 0 Å². The molecule has 96 valence electrons. The Hall–Kier alpha value is -0.450. The third-order valence-electron chi connectivity index (χ3n) is 2.49. The van der Waals surface area contributed by atoms with Crippen LogP contribution in [-0.4, -0.2) is 22.3 Å². The fourth-order valence-electron chi connectivity index (χ4n) is 1.41. The Morgan fingerprint density at radius 2 is 2.24 bits per heavy atom. The van der Waals surface area contributed by atoms with Crippen LogP contribution >= 0.6 is 11.6 Å². The second kappa shape index (κ2) is 7.09. The summed E-state index contributed by atoms with van der Waals surface area (Å²) in [6.07, 6.45) is 2.52. The van der Waals surface area contributed by atoms with E-state index in [0.29, 0.717) is 17.3 Å². The summed E-state index contributed by atoms with van der Waals surface area (Å²) in [5.74, 6) is 0.388. The summed E-state index contributed by atoms with van der Waals surface area (Å²) in [4.78, 5) is 0. The smallest absolute Gasteiger partial charge is 0.123 e. The van der Waals surface area contributed by atoms with E-state index in [1.54, 1.807) is 12.3 Å². The lowest BCUT2D eigenvalue weighted by molar-refractivity contribution is 0.532. The van der Waals surface area contributed by atoms with Crippen molar-refractivity contribution in [1.29, 1.82) is 0 Å². The normalized spacial score (nSPS) is 14.6. The maximum atomic E-state index is 13.0. The molecule has 0 aliphatic carbocycles. The first-order chi connectivity index (χ1) is 7.99. The molecule has 0 bridgehead atoms. The van der Waals surface area contributed by atoms with Gasteiger partial charge in [-0.2, -0.15) is 0 Å². The van der Waals surface area contributed by atoms with E-state index < -0.39 is 10.8 Å². The molecule has 0 saturated carbocycles. The lowest BCUT2D eigenvalue weighted by Crippen LogP contribution is -2.27. The summed E-state index contributed by atoms with van der Waals surface area (Å²) in [6, 6.07) is 4.56. The number of hydrogen-bond donors (Lipinski definition) is 1. The van der Waals surface area contributed by atoms with Gasteiger partial charge >= 0.3 is 0 Å². The molecule has 1 rings (SSSR count). The highest BCUT2D eigenvalue weighted by Crippen LogP contribution is 2.16. The van der Waals surface area contributed by atoms with E-state index in [0.717, 1.165) is 12.0 Å². The highest BCUT2D eigenvalue weighted by Gasteiger charge is 2.06. The zero-order valence-corrected chi connectivity index (χ0v) is 11.6. The molecule has 1 N–H and O–H groups in total. The van der Waals surface area contributed by atoms with Crippen LogP contribution in [-0.2, 0) is 17.3 Å². The van der Waals surface area contributed by atoms with Gasteiger partial charge in [-0.3, -0.25) is 4.21 Å². The minimum absolute atomic E-state index is 0.234. The van der Waals surface area contributed by atoms with Crippen molar-refractivity contribution < 1.29 is 8.60 Å². The highest BCUT2D eigenvalue weighted by atomic mass is 35.5. The average Bonchev–Trinajstić information content (AvgIpc) is 2.27. The zero-order valence-electron chi connectivity index (χ0n) is 10.0. The van der Waals surface area contributed by atoms with E-state index in [-0.39, 0.29) is 11.9 Å². The molecule has 0 fully saturated rings. The Morgan fingerprint density at radius 3 is 2.88 bits per heavy atom. The largest absolute Gasteiger partial charge is 0.310 e. The molecule has 1 aromatic rings. The Bertz CT molecular complexity index is 400. The summed E-state index contributed by atoms with van der Waals surface area (Å²) in [5.41, 5.74) is 0.746. The van der Waals surface area contributed by atoms with Gasteiger partial charge in [-0.25, -0.2) is 4.39 Å². The van der Waals surface area contributed by atoms with E-state index in [9.17, 15) is 8.60 Å². The maximum absolute atomic E-state index is 13.0. The van der Waals surface area contributed by atoms with Gasteiger partial charge in [0.05, 0.1) is 0 Å². The van der Waals surface area contributed by atoms with Crippen molar-refractivity contribution in [2.45, 2.75) is 25.9 Å². The van der Waals surface area contributed by atoms with Crippen LogP contribution in [0.3, 0.4) is 0 Å². The average molecular weight is 278 g/mol. The molecular formula is C12H17ClFNOS. The van der Waals surface area contributed by atoms with Crippen molar-refractivity contribution >= 4 is 22.4 Å². The zero-order chi connectivity index (χ0) is 12.8. The van der Waals surface area contributed by atoms with E-state index in [4.69, 9.17) is 11.6 Å². The van der Waals surface area contributed by atoms with Gasteiger partial charge in [0.2, 0.25) is 0 Å². The Labute approximate surface area is 109 Å². The molecule has 17 heavy (non-hydrogen) atoms. The highest BCUT2D eigenvalue weighted by molar-refractivity contribution is 7.84. The predicted molar refractivity (Wildman–Crippen MR) is 71.3 cm³/mol. The van der Waals surface area contributed by atoms with Crippen LogP contribution < -0.4 is 5.32 Å². The second-order valence-electron chi connectivity index (χ2n) is 4.08.